The first-order chi connectivity index (χ1) is 10.6. The van der Waals surface area contributed by atoms with Gasteiger partial charge in [-0.1, -0.05) is 25.1 Å². The average molecular weight is 297 g/mol. The van der Waals surface area contributed by atoms with Crippen LogP contribution >= 0.6 is 0 Å². The Kier molecular flexibility index (Phi) is 3.14. The van der Waals surface area contributed by atoms with Gasteiger partial charge in [0.15, 0.2) is 0 Å². The fourth-order valence-corrected chi connectivity index (χ4v) is 4.84. The smallest absolute Gasteiger partial charge is 0.148 e. The number of fused-ring (bicyclic) bond motifs is 4. The number of carbonyl (C=O) groups is 2. The van der Waals surface area contributed by atoms with E-state index >= 15 is 0 Å². The summed E-state index contributed by atoms with van der Waals surface area (Å²) in [7, 11) is 0. The van der Waals surface area contributed by atoms with Gasteiger partial charge < -0.3 is 4.90 Å². The molecule has 0 unspecified atom stereocenters. The Morgan fingerprint density at radius 2 is 1.86 bits per heavy atom. The first kappa shape index (κ1) is 14.0. The van der Waals surface area contributed by atoms with E-state index in [1.54, 1.807) is 0 Å². The summed E-state index contributed by atoms with van der Waals surface area (Å²) in [6, 6.07) is 8.42. The highest BCUT2D eigenvalue weighted by Crippen LogP contribution is 2.49. The van der Waals surface area contributed by atoms with E-state index in [0.29, 0.717) is 25.2 Å². The third kappa shape index (κ3) is 1.81. The minimum absolute atomic E-state index is 0.0754. The van der Waals surface area contributed by atoms with Crippen molar-refractivity contribution in [3.8, 4) is 0 Å². The molecule has 0 amide bonds. The molecule has 1 saturated heterocycles. The molecule has 3 nitrogen and oxygen atoms in total. The van der Waals surface area contributed by atoms with Crippen molar-refractivity contribution >= 4 is 17.3 Å². The lowest BCUT2D eigenvalue weighted by molar-refractivity contribution is -0.146. The molecular formula is C19H23NO2. The van der Waals surface area contributed by atoms with Crippen LogP contribution in [0.4, 0.5) is 5.69 Å². The summed E-state index contributed by atoms with van der Waals surface area (Å²) in [6.07, 6.45) is 4.62. The summed E-state index contributed by atoms with van der Waals surface area (Å²) in [5.74, 6) is 0.982. The number of para-hydroxylation sites is 1. The average Bonchev–Trinajstić information content (AvgIpc) is 2.52. The summed E-state index contributed by atoms with van der Waals surface area (Å²) < 4.78 is 0. The van der Waals surface area contributed by atoms with Crippen LogP contribution in [0.5, 0.6) is 0 Å². The van der Waals surface area contributed by atoms with E-state index in [1.807, 2.05) is 6.07 Å². The number of hydrogen-bond acceptors (Lipinski definition) is 3. The molecule has 1 aromatic rings. The van der Waals surface area contributed by atoms with Crippen LogP contribution in [0.3, 0.4) is 0 Å². The van der Waals surface area contributed by atoms with Crippen LogP contribution in [0.1, 0.15) is 44.6 Å². The quantitative estimate of drug-likeness (QED) is 0.690. The third-order valence-electron chi connectivity index (χ3n) is 6.01. The van der Waals surface area contributed by atoms with Crippen LogP contribution in [0.2, 0.25) is 0 Å². The van der Waals surface area contributed by atoms with Gasteiger partial charge >= 0.3 is 0 Å². The van der Waals surface area contributed by atoms with Crippen molar-refractivity contribution in [1.29, 1.82) is 0 Å². The number of Topliss-reactive ketones (excluding diaryl/α,β-unsaturated/α-hetero) is 2. The summed E-state index contributed by atoms with van der Waals surface area (Å²) in [5.41, 5.74) is 1.66. The largest absolute Gasteiger partial charge is 0.367 e. The summed E-state index contributed by atoms with van der Waals surface area (Å²) in [5, 5.41) is 0. The van der Waals surface area contributed by atoms with Gasteiger partial charge in [-0.15, -0.1) is 0 Å². The molecule has 0 bridgehead atoms. The molecule has 1 saturated carbocycles. The molecule has 3 aliphatic rings. The molecule has 2 aliphatic heterocycles. The summed E-state index contributed by atoms with van der Waals surface area (Å²) in [4.78, 5) is 28.2. The lowest BCUT2D eigenvalue weighted by Gasteiger charge is -2.54. The highest BCUT2D eigenvalue weighted by Gasteiger charge is 2.57. The molecule has 0 aromatic heterocycles. The molecule has 4 rings (SSSR count). The zero-order valence-corrected chi connectivity index (χ0v) is 13.2. The monoisotopic (exact) mass is 297 g/mol. The topological polar surface area (TPSA) is 37.4 Å². The van der Waals surface area contributed by atoms with Crippen molar-refractivity contribution in [2.24, 2.45) is 11.3 Å². The standard InChI is InChI=1S/C19H23NO2/c1-13-9-10-20-15-6-3-2-5-14(15)12-19(16(20)11-13)17(21)7-4-8-18(19)22/h2-3,5-6,13,16H,4,7-12H2,1H3/t13-,16+/m1/s1. The Morgan fingerprint density at radius 1 is 1.14 bits per heavy atom. The maximum atomic E-state index is 12.9. The van der Waals surface area contributed by atoms with Crippen LogP contribution in [0.25, 0.3) is 0 Å². The van der Waals surface area contributed by atoms with E-state index in [-0.39, 0.29) is 17.6 Å². The van der Waals surface area contributed by atoms with E-state index in [9.17, 15) is 9.59 Å². The fraction of sp³-hybridized carbons (Fsp3) is 0.579. The number of carbonyl (C=O) groups excluding carboxylic acids is 2. The highest BCUT2D eigenvalue weighted by molar-refractivity contribution is 6.11. The molecule has 1 aliphatic carbocycles. The molecule has 116 valence electrons. The molecular weight excluding hydrogens is 274 g/mol. The van der Waals surface area contributed by atoms with Crippen LogP contribution in [0.15, 0.2) is 24.3 Å². The van der Waals surface area contributed by atoms with Gasteiger partial charge in [0.05, 0.1) is 0 Å². The first-order valence-electron chi connectivity index (χ1n) is 8.54. The minimum atomic E-state index is -0.763. The van der Waals surface area contributed by atoms with Crippen molar-refractivity contribution in [2.45, 2.75) is 51.5 Å². The molecule has 2 heterocycles. The predicted octanol–water partition coefficient (Wildman–Crippen LogP) is 3.16. The maximum absolute atomic E-state index is 12.9. The number of nitrogens with zero attached hydrogens (tertiary/aromatic N) is 1. The fourth-order valence-electron chi connectivity index (χ4n) is 4.84. The number of rotatable bonds is 0. The van der Waals surface area contributed by atoms with Crippen LogP contribution < -0.4 is 4.90 Å². The van der Waals surface area contributed by atoms with Crippen molar-refractivity contribution in [1.82, 2.24) is 0 Å². The molecule has 0 N–H and O–H groups in total. The lowest BCUT2D eigenvalue weighted by atomic mass is 9.59. The Balaban J connectivity index is 1.88. The van der Waals surface area contributed by atoms with Gasteiger partial charge in [0.25, 0.3) is 0 Å². The van der Waals surface area contributed by atoms with Crippen molar-refractivity contribution in [3.63, 3.8) is 0 Å². The summed E-state index contributed by atoms with van der Waals surface area (Å²) in [6.45, 7) is 3.22. The molecule has 1 aromatic carbocycles. The van der Waals surface area contributed by atoms with E-state index in [1.165, 1.54) is 11.3 Å². The van der Waals surface area contributed by atoms with E-state index < -0.39 is 5.41 Å². The second-order valence-corrected chi connectivity index (χ2v) is 7.32. The summed E-state index contributed by atoms with van der Waals surface area (Å²) >= 11 is 0. The highest BCUT2D eigenvalue weighted by atomic mass is 16.2. The maximum Gasteiger partial charge on any atom is 0.148 e. The van der Waals surface area contributed by atoms with Crippen LogP contribution in [-0.4, -0.2) is 24.2 Å². The normalized spacial score (nSPS) is 30.1. The third-order valence-corrected chi connectivity index (χ3v) is 6.01. The number of piperidine rings is 1. The van der Waals surface area contributed by atoms with Crippen LogP contribution in [0, 0.1) is 11.3 Å². The van der Waals surface area contributed by atoms with Gasteiger partial charge in [-0.05, 0) is 43.2 Å². The lowest BCUT2D eigenvalue weighted by Crippen LogP contribution is -2.63. The van der Waals surface area contributed by atoms with Gasteiger partial charge in [0, 0.05) is 31.1 Å². The van der Waals surface area contributed by atoms with E-state index in [0.717, 1.165) is 25.8 Å². The Morgan fingerprint density at radius 3 is 2.64 bits per heavy atom. The van der Waals surface area contributed by atoms with Gasteiger partial charge in [-0.3, -0.25) is 9.59 Å². The SMILES string of the molecule is C[C@@H]1CCN2c3ccccc3CC3(C(=O)CCCC3=O)[C@@H]2C1. The van der Waals surface area contributed by atoms with Crippen molar-refractivity contribution in [2.75, 3.05) is 11.4 Å². The van der Waals surface area contributed by atoms with Crippen molar-refractivity contribution < 1.29 is 9.59 Å². The number of hydrogen-bond donors (Lipinski definition) is 0. The second-order valence-electron chi connectivity index (χ2n) is 7.32. The molecule has 1 spiro atoms. The zero-order chi connectivity index (χ0) is 15.3. The van der Waals surface area contributed by atoms with Gasteiger partial charge in [0.2, 0.25) is 0 Å². The Hall–Kier alpha value is -1.64. The second kappa shape index (κ2) is 4.94. The number of benzene rings is 1. The molecule has 3 heteroatoms. The first-order valence-corrected chi connectivity index (χ1v) is 8.54. The van der Waals surface area contributed by atoms with E-state index in [4.69, 9.17) is 0 Å². The molecule has 22 heavy (non-hydrogen) atoms. The number of ketones is 2. The molecule has 2 fully saturated rings. The Bertz CT molecular complexity index is 620. The van der Waals surface area contributed by atoms with E-state index in [2.05, 4.69) is 30.0 Å². The zero-order valence-electron chi connectivity index (χ0n) is 13.2. The van der Waals surface area contributed by atoms with Gasteiger partial charge in [-0.2, -0.15) is 0 Å². The number of anilines is 1. The predicted molar refractivity (Wildman–Crippen MR) is 86.0 cm³/mol. The van der Waals surface area contributed by atoms with Crippen molar-refractivity contribution in [3.05, 3.63) is 29.8 Å². The van der Waals surface area contributed by atoms with Gasteiger partial charge in [-0.25, -0.2) is 0 Å². The Labute approximate surface area is 131 Å². The molecule has 0 radical (unpaired) electrons. The van der Waals surface area contributed by atoms with Crippen LogP contribution in [-0.2, 0) is 16.0 Å². The minimum Gasteiger partial charge on any atom is -0.367 e. The molecule has 2 atom stereocenters. The van der Waals surface area contributed by atoms with Gasteiger partial charge in [0.1, 0.15) is 17.0 Å².